The van der Waals surface area contributed by atoms with Gasteiger partial charge in [0.1, 0.15) is 0 Å². The van der Waals surface area contributed by atoms with Crippen LogP contribution in [0.3, 0.4) is 0 Å². The van der Waals surface area contributed by atoms with Crippen LogP contribution >= 0.6 is 34.5 Å². The number of nitrogens with zero attached hydrogens (tertiary/aromatic N) is 1. The Kier molecular flexibility index (Phi) is 6.17. The average molecular weight is 383 g/mol. The predicted molar refractivity (Wildman–Crippen MR) is 101 cm³/mol. The fourth-order valence-corrected chi connectivity index (χ4v) is 4.10. The number of piperidine rings is 1. The SMILES string of the molecule is O=C(NCC1CCN(Cc2cccs2)CC1)c1cc(Cl)ccc1Cl. The van der Waals surface area contributed by atoms with Crippen molar-refractivity contribution >= 4 is 40.4 Å². The minimum atomic E-state index is -0.150. The Bertz CT molecular complexity index is 682. The number of benzene rings is 1. The number of likely N-dealkylation sites (tertiary alicyclic amines) is 1. The maximum absolute atomic E-state index is 12.3. The molecule has 1 fully saturated rings. The molecule has 1 aliphatic heterocycles. The molecule has 1 amide bonds. The second-order valence-electron chi connectivity index (χ2n) is 6.13. The molecule has 2 aromatic rings. The van der Waals surface area contributed by atoms with E-state index in [9.17, 15) is 4.79 Å². The van der Waals surface area contributed by atoms with E-state index in [0.29, 0.717) is 28.1 Å². The molecule has 1 aromatic carbocycles. The average Bonchev–Trinajstić information content (AvgIpc) is 3.09. The van der Waals surface area contributed by atoms with Crippen molar-refractivity contribution in [2.75, 3.05) is 19.6 Å². The molecule has 1 aliphatic rings. The first-order valence-electron chi connectivity index (χ1n) is 8.10. The molecule has 1 aromatic heterocycles. The van der Waals surface area contributed by atoms with Crippen molar-refractivity contribution < 1.29 is 4.79 Å². The Balaban J connectivity index is 1.44. The summed E-state index contributed by atoms with van der Waals surface area (Å²) in [7, 11) is 0. The molecular weight excluding hydrogens is 363 g/mol. The number of hydrogen-bond acceptors (Lipinski definition) is 3. The van der Waals surface area contributed by atoms with Crippen LogP contribution in [-0.4, -0.2) is 30.4 Å². The van der Waals surface area contributed by atoms with Crippen molar-refractivity contribution in [1.29, 1.82) is 0 Å². The first-order chi connectivity index (χ1) is 11.6. The van der Waals surface area contributed by atoms with E-state index in [4.69, 9.17) is 23.2 Å². The second kappa shape index (κ2) is 8.34. The number of nitrogens with one attached hydrogen (secondary N) is 1. The highest BCUT2D eigenvalue weighted by molar-refractivity contribution is 7.09. The third-order valence-corrected chi connectivity index (χ3v) is 5.82. The van der Waals surface area contributed by atoms with Gasteiger partial charge in [0.2, 0.25) is 0 Å². The Labute approximate surface area is 156 Å². The zero-order valence-electron chi connectivity index (χ0n) is 13.3. The standard InChI is InChI=1S/C18H20Cl2N2OS/c19-14-3-4-17(20)16(10-14)18(23)21-11-13-5-7-22(8-6-13)12-15-2-1-9-24-15/h1-4,9-10,13H,5-8,11-12H2,(H,21,23). The van der Waals surface area contributed by atoms with Crippen molar-refractivity contribution in [2.45, 2.75) is 19.4 Å². The maximum Gasteiger partial charge on any atom is 0.252 e. The van der Waals surface area contributed by atoms with Crippen LogP contribution in [0.2, 0.25) is 10.0 Å². The van der Waals surface area contributed by atoms with Gasteiger partial charge in [-0.15, -0.1) is 11.3 Å². The molecule has 1 N–H and O–H groups in total. The number of carbonyl (C=O) groups excluding carboxylic acids is 1. The lowest BCUT2D eigenvalue weighted by atomic mass is 9.96. The quantitative estimate of drug-likeness (QED) is 0.812. The molecule has 0 atom stereocenters. The van der Waals surface area contributed by atoms with Crippen LogP contribution in [0.25, 0.3) is 0 Å². The molecule has 1 saturated heterocycles. The lowest BCUT2D eigenvalue weighted by molar-refractivity contribution is 0.0935. The molecule has 0 bridgehead atoms. The summed E-state index contributed by atoms with van der Waals surface area (Å²) in [6, 6.07) is 9.24. The normalized spacial score (nSPS) is 16.2. The van der Waals surface area contributed by atoms with Crippen LogP contribution in [0.4, 0.5) is 0 Å². The van der Waals surface area contributed by atoms with Gasteiger partial charge in [-0.05, 0) is 61.5 Å². The smallest absolute Gasteiger partial charge is 0.252 e. The van der Waals surface area contributed by atoms with Gasteiger partial charge < -0.3 is 5.32 Å². The highest BCUT2D eigenvalue weighted by atomic mass is 35.5. The van der Waals surface area contributed by atoms with Gasteiger partial charge in [0.15, 0.2) is 0 Å². The van der Waals surface area contributed by atoms with Crippen LogP contribution < -0.4 is 5.32 Å². The summed E-state index contributed by atoms with van der Waals surface area (Å²) in [5.41, 5.74) is 0.444. The minimum Gasteiger partial charge on any atom is -0.352 e. The Morgan fingerprint density at radius 3 is 2.75 bits per heavy atom. The lowest BCUT2D eigenvalue weighted by Gasteiger charge is -2.31. The first-order valence-corrected chi connectivity index (χ1v) is 9.73. The zero-order chi connectivity index (χ0) is 16.9. The highest BCUT2D eigenvalue weighted by Crippen LogP contribution is 2.22. The molecule has 24 heavy (non-hydrogen) atoms. The molecule has 0 aliphatic carbocycles. The fourth-order valence-electron chi connectivity index (χ4n) is 2.98. The van der Waals surface area contributed by atoms with Gasteiger partial charge in [0, 0.05) is 23.0 Å². The van der Waals surface area contributed by atoms with Crippen molar-refractivity contribution in [1.82, 2.24) is 10.2 Å². The molecule has 0 radical (unpaired) electrons. The number of amides is 1. The van der Waals surface area contributed by atoms with Gasteiger partial charge in [-0.1, -0.05) is 29.3 Å². The second-order valence-corrected chi connectivity index (χ2v) is 8.01. The maximum atomic E-state index is 12.3. The Morgan fingerprint density at radius 1 is 1.25 bits per heavy atom. The number of halogens is 2. The third kappa shape index (κ3) is 4.73. The Hall–Kier alpha value is -1.07. The van der Waals surface area contributed by atoms with E-state index in [2.05, 4.69) is 27.7 Å². The molecule has 0 spiro atoms. The highest BCUT2D eigenvalue weighted by Gasteiger charge is 2.20. The Morgan fingerprint density at radius 2 is 2.04 bits per heavy atom. The lowest BCUT2D eigenvalue weighted by Crippen LogP contribution is -2.38. The van der Waals surface area contributed by atoms with Gasteiger partial charge >= 0.3 is 0 Å². The minimum absolute atomic E-state index is 0.150. The topological polar surface area (TPSA) is 32.3 Å². The zero-order valence-corrected chi connectivity index (χ0v) is 15.6. The van der Waals surface area contributed by atoms with Crippen molar-refractivity contribution in [2.24, 2.45) is 5.92 Å². The van der Waals surface area contributed by atoms with E-state index < -0.39 is 0 Å². The van der Waals surface area contributed by atoms with Gasteiger partial charge in [-0.25, -0.2) is 0 Å². The number of hydrogen-bond donors (Lipinski definition) is 1. The van der Waals surface area contributed by atoms with Crippen LogP contribution in [-0.2, 0) is 6.54 Å². The molecule has 2 heterocycles. The largest absolute Gasteiger partial charge is 0.352 e. The van der Waals surface area contributed by atoms with Crippen LogP contribution in [0.1, 0.15) is 28.1 Å². The summed E-state index contributed by atoms with van der Waals surface area (Å²) in [4.78, 5) is 16.2. The van der Waals surface area contributed by atoms with E-state index in [1.165, 1.54) is 4.88 Å². The number of carbonyl (C=O) groups is 1. The van der Waals surface area contributed by atoms with E-state index in [1.54, 1.807) is 18.2 Å². The summed E-state index contributed by atoms with van der Waals surface area (Å²) < 4.78 is 0. The fraction of sp³-hybridized carbons (Fsp3) is 0.389. The van der Waals surface area contributed by atoms with Crippen LogP contribution in [0.5, 0.6) is 0 Å². The predicted octanol–water partition coefficient (Wildman–Crippen LogP) is 4.70. The summed E-state index contributed by atoms with van der Waals surface area (Å²) in [5, 5.41) is 6.08. The van der Waals surface area contributed by atoms with Gasteiger partial charge in [0.05, 0.1) is 10.6 Å². The third-order valence-electron chi connectivity index (χ3n) is 4.39. The van der Waals surface area contributed by atoms with E-state index in [-0.39, 0.29) is 5.91 Å². The number of rotatable bonds is 5. The number of thiophene rings is 1. The molecule has 6 heteroatoms. The van der Waals surface area contributed by atoms with Crippen LogP contribution in [0.15, 0.2) is 35.7 Å². The summed E-state index contributed by atoms with van der Waals surface area (Å²) >= 11 is 13.8. The molecular formula is C18H20Cl2N2OS. The molecule has 0 saturated carbocycles. The molecule has 0 unspecified atom stereocenters. The summed E-state index contributed by atoms with van der Waals surface area (Å²) in [6.45, 7) is 3.89. The van der Waals surface area contributed by atoms with E-state index in [0.717, 1.165) is 32.5 Å². The molecule has 128 valence electrons. The molecule has 3 nitrogen and oxygen atoms in total. The summed E-state index contributed by atoms with van der Waals surface area (Å²) in [5.74, 6) is 0.370. The van der Waals surface area contributed by atoms with Crippen LogP contribution in [0, 0.1) is 5.92 Å². The monoisotopic (exact) mass is 382 g/mol. The van der Waals surface area contributed by atoms with Crippen molar-refractivity contribution in [3.63, 3.8) is 0 Å². The van der Waals surface area contributed by atoms with Gasteiger partial charge in [-0.2, -0.15) is 0 Å². The first kappa shape index (κ1) is 17.7. The van der Waals surface area contributed by atoms with Crippen molar-refractivity contribution in [3.8, 4) is 0 Å². The summed E-state index contributed by atoms with van der Waals surface area (Å²) in [6.07, 6.45) is 2.21. The van der Waals surface area contributed by atoms with Gasteiger partial charge in [-0.3, -0.25) is 9.69 Å². The van der Waals surface area contributed by atoms with Gasteiger partial charge in [0.25, 0.3) is 5.91 Å². The van der Waals surface area contributed by atoms with E-state index >= 15 is 0 Å². The van der Waals surface area contributed by atoms with Crippen molar-refractivity contribution in [3.05, 3.63) is 56.2 Å². The molecule has 3 rings (SSSR count). The van der Waals surface area contributed by atoms with E-state index in [1.807, 2.05) is 11.3 Å².